The van der Waals surface area contributed by atoms with E-state index in [4.69, 9.17) is 14.6 Å². The van der Waals surface area contributed by atoms with Crippen LogP contribution < -0.4 is 0 Å². The highest BCUT2D eigenvalue weighted by Gasteiger charge is 2.40. The number of benzene rings is 1. The predicted octanol–water partition coefficient (Wildman–Crippen LogP) is 1.86. The molecule has 2 fully saturated rings. The standard InChI is InChI=1S/C15H18FNO4/c16-13-8-11(2-3-12(13)14(18)19)9-17-5-1-4-15(10-17)20-6-7-21-15/h2-3,8H,1,4-7,9-10H2,(H,18,19). The van der Waals surface area contributed by atoms with Crippen LogP contribution in [0.1, 0.15) is 28.8 Å². The van der Waals surface area contributed by atoms with Crippen molar-refractivity contribution in [1.29, 1.82) is 0 Å². The summed E-state index contributed by atoms with van der Waals surface area (Å²) in [7, 11) is 0. The number of aromatic carboxylic acids is 1. The van der Waals surface area contributed by atoms with Crippen LogP contribution in [0.5, 0.6) is 0 Å². The van der Waals surface area contributed by atoms with E-state index in [1.807, 2.05) is 0 Å². The molecule has 2 heterocycles. The van der Waals surface area contributed by atoms with E-state index in [0.717, 1.165) is 24.9 Å². The van der Waals surface area contributed by atoms with Gasteiger partial charge in [0.15, 0.2) is 5.79 Å². The fourth-order valence-corrected chi connectivity index (χ4v) is 3.03. The molecule has 6 heteroatoms. The van der Waals surface area contributed by atoms with Crippen molar-refractivity contribution in [2.24, 2.45) is 0 Å². The largest absolute Gasteiger partial charge is 0.478 e. The molecule has 1 aromatic rings. The third-order valence-electron chi connectivity index (χ3n) is 3.98. The average molecular weight is 295 g/mol. The Hall–Kier alpha value is -1.50. The monoisotopic (exact) mass is 295 g/mol. The number of rotatable bonds is 3. The number of nitrogens with zero attached hydrogens (tertiary/aromatic N) is 1. The van der Waals surface area contributed by atoms with Gasteiger partial charge in [-0.3, -0.25) is 4.90 Å². The van der Waals surface area contributed by atoms with Gasteiger partial charge < -0.3 is 14.6 Å². The van der Waals surface area contributed by atoms with E-state index in [9.17, 15) is 9.18 Å². The van der Waals surface area contributed by atoms with Crippen LogP contribution in [-0.2, 0) is 16.0 Å². The zero-order valence-electron chi connectivity index (χ0n) is 11.7. The molecule has 0 aliphatic carbocycles. The molecule has 2 aliphatic rings. The zero-order chi connectivity index (χ0) is 14.9. The number of ether oxygens (including phenoxy) is 2. The topological polar surface area (TPSA) is 59.0 Å². The van der Waals surface area contributed by atoms with Crippen LogP contribution in [-0.4, -0.2) is 48.1 Å². The first-order valence-electron chi connectivity index (χ1n) is 7.10. The lowest BCUT2D eigenvalue weighted by molar-refractivity contribution is -0.190. The Bertz CT molecular complexity index is 542. The molecule has 0 aromatic heterocycles. The SMILES string of the molecule is O=C(O)c1ccc(CN2CCCC3(C2)OCCO3)cc1F. The summed E-state index contributed by atoms with van der Waals surface area (Å²) in [5.74, 6) is -2.44. The molecule has 0 amide bonds. The lowest BCUT2D eigenvalue weighted by Crippen LogP contribution is -2.48. The van der Waals surface area contributed by atoms with Crippen LogP contribution in [0.3, 0.4) is 0 Å². The number of carboxylic acids is 1. The maximum atomic E-state index is 13.7. The molecule has 114 valence electrons. The molecule has 0 radical (unpaired) electrons. The van der Waals surface area contributed by atoms with Crippen molar-refractivity contribution in [3.05, 3.63) is 35.1 Å². The molecule has 1 spiro atoms. The molecule has 2 saturated heterocycles. The van der Waals surface area contributed by atoms with Crippen LogP contribution in [0, 0.1) is 5.82 Å². The number of piperidine rings is 1. The number of likely N-dealkylation sites (tertiary alicyclic amines) is 1. The summed E-state index contributed by atoms with van der Waals surface area (Å²) in [5, 5.41) is 8.83. The fraction of sp³-hybridized carbons (Fsp3) is 0.533. The Balaban J connectivity index is 1.68. The van der Waals surface area contributed by atoms with E-state index in [2.05, 4.69) is 4.90 Å². The van der Waals surface area contributed by atoms with E-state index in [0.29, 0.717) is 26.3 Å². The van der Waals surface area contributed by atoms with Gasteiger partial charge in [-0.15, -0.1) is 0 Å². The molecule has 0 unspecified atom stereocenters. The van der Waals surface area contributed by atoms with Crippen molar-refractivity contribution in [2.75, 3.05) is 26.3 Å². The summed E-state index contributed by atoms with van der Waals surface area (Å²) in [4.78, 5) is 13.0. The summed E-state index contributed by atoms with van der Waals surface area (Å²) in [6, 6.07) is 4.26. The van der Waals surface area contributed by atoms with Gasteiger partial charge in [-0.1, -0.05) is 6.07 Å². The molecule has 1 N–H and O–H groups in total. The molecular formula is C15H18FNO4. The maximum Gasteiger partial charge on any atom is 0.338 e. The van der Waals surface area contributed by atoms with Gasteiger partial charge in [0.2, 0.25) is 0 Å². The second-order valence-electron chi connectivity index (χ2n) is 5.54. The van der Waals surface area contributed by atoms with Crippen LogP contribution in [0.4, 0.5) is 4.39 Å². The van der Waals surface area contributed by atoms with Crippen molar-refractivity contribution in [2.45, 2.75) is 25.2 Å². The quantitative estimate of drug-likeness (QED) is 0.922. The van der Waals surface area contributed by atoms with Gasteiger partial charge in [0.25, 0.3) is 0 Å². The minimum Gasteiger partial charge on any atom is -0.478 e. The van der Waals surface area contributed by atoms with Gasteiger partial charge >= 0.3 is 5.97 Å². The van der Waals surface area contributed by atoms with Crippen molar-refractivity contribution in [1.82, 2.24) is 4.90 Å². The van der Waals surface area contributed by atoms with E-state index in [1.165, 1.54) is 12.1 Å². The van der Waals surface area contributed by atoms with E-state index in [1.54, 1.807) is 6.07 Å². The second kappa shape index (κ2) is 5.71. The van der Waals surface area contributed by atoms with Crippen molar-refractivity contribution in [3.8, 4) is 0 Å². The van der Waals surface area contributed by atoms with Gasteiger partial charge in [0.05, 0.1) is 25.3 Å². The Kier molecular flexibility index (Phi) is 3.93. The van der Waals surface area contributed by atoms with Gasteiger partial charge in [0, 0.05) is 13.0 Å². The summed E-state index contributed by atoms with van der Waals surface area (Å²) in [5.41, 5.74) is 0.462. The number of carboxylic acid groups (broad SMARTS) is 1. The summed E-state index contributed by atoms with van der Waals surface area (Å²) >= 11 is 0. The van der Waals surface area contributed by atoms with Crippen LogP contribution >= 0.6 is 0 Å². The number of carbonyl (C=O) groups is 1. The smallest absolute Gasteiger partial charge is 0.338 e. The lowest BCUT2D eigenvalue weighted by Gasteiger charge is -2.38. The number of hydrogen-bond donors (Lipinski definition) is 1. The first kappa shape index (κ1) is 14.4. The Labute approximate surface area is 122 Å². The van der Waals surface area contributed by atoms with Gasteiger partial charge in [-0.25, -0.2) is 9.18 Å². The molecule has 1 aromatic carbocycles. The van der Waals surface area contributed by atoms with Gasteiger partial charge in [-0.2, -0.15) is 0 Å². The molecule has 5 nitrogen and oxygen atoms in total. The molecule has 3 rings (SSSR count). The lowest BCUT2D eigenvalue weighted by atomic mass is 10.0. The Morgan fingerprint density at radius 2 is 2.14 bits per heavy atom. The summed E-state index contributed by atoms with van der Waals surface area (Å²) < 4.78 is 25.1. The van der Waals surface area contributed by atoms with Gasteiger partial charge in [-0.05, 0) is 30.7 Å². The van der Waals surface area contributed by atoms with E-state index < -0.39 is 17.6 Å². The maximum absolute atomic E-state index is 13.7. The first-order chi connectivity index (χ1) is 10.1. The van der Waals surface area contributed by atoms with Crippen molar-refractivity contribution >= 4 is 5.97 Å². The second-order valence-corrected chi connectivity index (χ2v) is 5.54. The number of hydrogen-bond acceptors (Lipinski definition) is 4. The molecule has 21 heavy (non-hydrogen) atoms. The molecular weight excluding hydrogens is 277 g/mol. The van der Waals surface area contributed by atoms with Crippen molar-refractivity contribution < 1.29 is 23.8 Å². The highest BCUT2D eigenvalue weighted by atomic mass is 19.1. The third-order valence-corrected chi connectivity index (χ3v) is 3.98. The zero-order valence-corrected chi connectivity index (χ0v) is 11.7. The van der Waals surface area contributed by atoms with E-state index in [-0.39, 0.29) is 5.56 Å². The van der Waals surface area contributed by atoms with Crippen LogP contribution in [0.25, 0.3) is 0 Å². The third kappa shape index (κ3) is 3.07. The summed E-state index contributed by atoms with van der Waals surface area (Å²) in [6.07, 6.45) is 1.85. The molecule has 0 atom stereocenters. The Morgan fingerprint density at radius 3 is 2.81 bits per heavy atom. The number of halogens is 1. The molecule has 0 saturated carbocycles. The molecule has 0 bridgehead atoms. The average Bonchev–Trinajstić information content (AvgIpc) is 2.86. The normalized spacial score (nSPS) is 21.8. The highest BCUT2D eigenvalue weighted by molar-refractivity contribution is 5.87. The van der Waals surface area contributed by atoms with E-state index >= 15 is 0 Å². The minimum atomic E-state index is -1.25. The predicted molar refractivity (Wildman–Crippen MR) is 72.5 cm³/mol. The highest BCUT2D eigenvalue weighted by Crippen LogP contribution is 2.30. The Morgan fingerprint density at radius 1 is 1.38 bits per heavy atom. The van der Waals surface area contributed by atoms with Gasteiger partial charge in [0.1, 0.15) is 5.82 Å². The van der Waals surface area contributed by atoms with Crippen molar-refractivity contribution in [3.63, 3.8) is 0 Å². The minimum absolute atomic E-state index is 0.295. The summed E-state index contributed by atoms with van der Waals surface area (Å²) in [6.45, 7) is 3.36. The van der Waals surface area contributed by atoms with Crippen LogP contribution in [0.2, 0.25) is 0 Å². The fourth-order valence-electron chi connectivity index (χ4n) is 3.03. The van der Waals surface area contributed by atoms with Crippen LogP contribution in [0.15, 0.2) is 18.2 Å². The first-order valence-corrected chi connectivity index (χ1v) is 7.10. The molecule has 2 aliphatic heterocycles.